The zero-order valence-electron chi connectivity index (χ0n) is 13.3. The molecule has 0 bridgehead atoms. The van der Waals surface area contributed by atoms with Crippen LogP contribution in [0.5, 0.6) is 0 Å². The van der Waals surface area contributed by atoms with Crippen molar-refractivity contribution in [1.82, 2.24) is 5.32 Å². The summed E-state index contributed by atoms with van der Waals surface area (Å²) in [5, 5.41) is 12.9. The fourth-order valence-electron chi connectivity index (χ4n) is 3.64. The van der Waals surface area contributed by atoms with Gasteiger partial charge in [-0.25, -0.2) is 0 Å². The Hall–Kier alpha value is -0.570. The smallest absolute Gasteiger partial charge is 0.223 e. The van der Waals surface area contributed by atoms with E-state index < -0.39 is 0 Å². The van der Waals surface area contributed by atoms with Crippen molar-refractivity contribution >= 4 is 5.91 Å². The van der Waals surface area contributed by atoms with Gasteiger partial charge < -0.3 is 10.4 Å². The lowest BCUT2D eigenvalue weighted by Crippen LogP contribution is -2.61. The van der Waals surface area contributed by atoms with Gasteiger partial charge in [-0.3, -0.25) is 4.79 Å². The Morgan fingerprint density at radius 1 is 1.25 bits per heavy atom. The van der Waals surface area contributed by atoms with Crippen molar-refractivity contribution in [2.75, 3.05) is 0 Å². The average Bonchev–Trinajstić information content (AvgIpc) is 2.45. The number of carbonyl (C=O) groups excluding carboxylic acids is 1. The monoisotopic (exact) mass is 281 g/mol. The summed E-state index contributed by atoms with van der Waals surface area (Å²) in [6.07, 6.45) is 8.93. The summed E-state index contributed by atoms with van der Waals surface area (Å²) in [4.78, 5) is 12.3. The number of aliphatic hydroxyl groups excluding tert-OH is 1. The maximum atomic E-state index is 12.3. The molecule has 0 radical (unpaired) electrons. The van der Waals surface area contributed by atoms with Gasteiger partial charge in [-0.15, -0.1) is 0 Å². The summed E-state index contributed by atoms with van der Waals surface area (Å²) < 4.78 is 0. The number of hydrogen-bond donors (Lipinski definition) is 2. The van der Waals surface area contributed by atoms with Gasteiger partial charge in [-0.1, -0.05) is 40.0 Å². The largest absolute Gasteiger partial charge is 0.392 e. The molecule has 2 fully saturated rings. The van der Waals surface area contributed by atoms with E-state index in [9.17, 15) is 9.90 Å². The van der Waals surface area contributed by atoms with Crippen LogP contribution < -0.4 is 5.32 Å². The number of aliphatic hydroxyl groups is 1. The Labute approximate surface area is 123 Å². The predicted octanol–water partition coefficient (Wildman–Crippen LogP) is 3.26. The van der Waals surface area contributed by atoms with E-state index in [4.69, 9.17) is 0 Å². The Bertz CT molecular complexity index is 332. The molecule has 0 saturated heterocycles. The zero-order valence-corrected chi connectivity index (χ0v) is 13.3. The van der Waals surface area contributed by atoms with Gasteiger partial charge in [0.2, 0.25) is 5.91 Å². The fraction of sp³-hybridized carbons (Fsp3) is 0.941. The minimum atomic E-state index is -0.266. The summed E-state index contributed by atoms with van der Waals surface area (Å²) in [5.41, 5.74) is -0.159. The van der Waals surface area contributed by atoms with Crippen LogP contribution in [0.15, 0.2) is 0 Å². The minimum absolute atomic E-state index is 0.155. The highest BCUT2D eigenvalue weighted by Gasteiger charge is 2.48. The SMILES string of the molecule is CCCCC1CCC(C(=O)NC2CC(O)C2(C)C)CC1. The maximum Gasteiger partial charge on any atom is 0.223 e. The first-order chi connectivity index (χ1) is 9.45. The van der Waals surface area contributed by atoms with E-state index in [1.165, 1.54) is 32.1 Å². The van der Waals surface area contributed by atoms with Crippen LogP contribution in [-0.2, 0) is 4.79 Å². The van der Waals surface area contributed by atoms with E-state index in [-0.39, 0.29) is 29.4 Å². The van der Waals surface area contributed by atoms with Crippen LogP contribution >= 0.6 is 0 Å². The number of unbranched alkanes of at least 4 members (excludes halogenated alkanes) is 1. The van der Waals surface area contributed by atoms with Gasteiger partial charge in [0, 0.05) is 17.4 Å². The Morgan fingerprint density at radius 3 is 2.40 bits per heavy atom. The second-order valence-corrected chi connectivity index (χ2v) is 7.49. The summed E-state index contributed by atoms with van der Waals surface area (Å²) in [7, 11) is 0. The first kappa shape index (κ1) is 15.8. The topological polar surface area (TPSA) is 49.3 Å². The summed E-state index contributed by atoms with van der Waals surface area (Å²) >= 11 is 0. The molecule has 3 heteroatoms. The summed E-state index contributed by atoms with van der Waals surface area (Å²) in [5.74, 6) is 1.28. The lowest BCUT2D eigenvalue weighted by molar-refractivity contribution is -0.134. The van der Waals surface area contributed by atoms with Crippen LogP contribution in [0.2, 0.25) is 0 Å². The minimum Gasteiger partial charge on any atom is -0.392 e. The molecule has 0 aromatic rings. The van der Waals surface area contributed by atoms with Gasteiger partial charge in [0.1, 0.15) is 0 Å². The highest BCUT2D eigenvalue weighted by Crippen LogP contribution is 2.41. The van der Waals surface area contributed by atoms with Crippen LogP contribution in [0, 0.1) is 17.3 Å². The zero-order chi connectivity index (χ0) is 14.8. The number of amides is 1. The molecule has 0 spiro atoms. The number of rotatable bonds is 5. The van der Waals surface area contributed by atoms with E-state index in [1.807, 2.05) is 13.8 Å². The lowest BCUT2D eigenvalue weighted by Gasteiger charge is -2.49. The Kier molecular flexibility index (Phi) is 5.11. The van der Waals surface area contributed by atoms with Crippen LogP contribution in [0.3, 0.4) is 0 Å². The molecule has 2 N–H and O–H groups in total. The quantitative estimate of drug-likeness (QED) is 0.812. The van der Waals surface area contributed by atoms with Crippen molar-refractivity contribution < 1.29 is 9.90 Å². The van der Waals surface area contributed by atoms with Crippen molar-refractivity contribution in [1.29, 1.82) is 0 Å². The van der Waals surface area contributed by atoms with Gasteiger partial charge in [0.05, 0.1) is 6.10 Å². The van der Waals surface area contributed by atoms with Gasteiger partial charge in [-0.2, -0.15) is 0 Å². The molecular formula is C17H31NO2. The van der Waals surface area contributed by atoms with Crippen LogP contribution in [0.1, 0.15) is 72.1 Å². The Morgan fingerprint density at radius 2 is 1.90 bits per heavy atom. The molecule has 2 atom stereocenters. The van der Waals surface area contributed by atoms with Gasteiger partial charge in [0.15, 0.2) is 0 Å². The fourth-order valence-corrected chi connectivity index (χ4v) is 3.64. The van der Waals surface area contributed by atoms with E-state index in [0.717, 1.165) is 18.8 Å². The van der Waals surface area contributed by atoms with Crippen LogP contribution in [-0.4, -0.2) is 23.2 Å². The highest BCUT2D eigenvalue weighted by molar-refractivity contribution is 5.79. The molecular weight excluding hydrogens is 250 g/mol. The molecule has 116 valence electrons. The van der Waals surface area contributed by atoms with Crippen molar-refractivity contribution in [3.8, 4) is 0 Å². The van der Waals surface area contributed by atoms with Crippen molar-refractivity contribution in [2.24, 2.45) is 17.3 Å². The van der Waals surface area contributed by atoms with Crippen LogP contribution in [0.25, 0.3) is 0 Å². The predicted molar refractivity (Wildman–Crippen MR) is 81.3 cm³/mol. The van der Waals surface area contributed by atoms with Crippen molar-refractivity contribution in [2.45, 2.75) is 84.3 Å². The maximum absolute atomic E-state index is 12.3. The third-order valence-corrected chi connectivity index (χ3v) is 5.72. The summed E-state index contributed by atoms with van der Waals surface area (Å²) in [6, 6.07) is 0.155. The molecule has 0 heterocycles. The standard InChI is InChI=1S/C17H31NO2/c1-4-5-6-12-7-9-13(10-8-12)16(20)18-14-11-15(19)17(14,2)3/h12-15,19H,4-11H2,1-3H3,(H,18,20). The molecule has 1 amide bonds. The molecule has 2 unspecified atom stereocenters. The van der Waals surface area contributed by atoms with E-state index >= 15 is 0 Å². The van der Waals surface area contributed by atoms with Crippen LogP contribution in [0.4, 0.5) is 0 Å². The van der Waals surface area contributed by atoms with Crippen molar-refractivity contribution in [3.05, 3.63) is 0 Å². The molecule has 0 aliphatic heterocycles. The molecule has 0 aromatic heterocycles. The molecule has 2 saturated carbocycles. The first-order valence-electron chi connectivity index (χ1n) is 8.43. The molecule has 2 aliphatic carbocycles. The van der Waals surface area contributed by atoms with Gasteiger partial charge in [-0.05, 0) is 38.0 Å². The molecule has 2 rings (SSSR count). The average molecular weight is 281 g/mol. The van der Waals surface area contributed by atoms with E-state index in [2.05, 4.69) is 12.2 Å². The molecule has 20 heavy (non-hydrogen) atoms. The molecule has 0 aromatic carbocycles. The first-order valence-corrected chi connectivity index (χ1v) is 8.43. The van der Waals surface area contributed by atoms with E-state index in [1.54, 1.807) is 0 Å². The van der Waals surface area contributed by atoms with E-state index in [0.29, 0.717) is 6.42 Å². The Balaban J connectivity index is 1.73. The lowest BCUT2D eigenvalue weighted by atomic mass is 9.64. The normalized spacial score (nSPS) is 36.2. The third kappa shape index (κ3) is 3.36. The highest BCUT2D eigenvalue weighted by atomic mass is 16.3. The second kappa shape index (κ2) is 6.46. The number of hydrogen-bond acceptors (Lipinski definition) is 2. The second-order valence-electron chi connectivity index (χ2n) is 7.49. The number of carbonyl (C=O) groups is 1. The molecule has 2 aliphatic rings. The molecule has 3 nitrogen and oxygen atoms in total. The number of nitrogens with one attached hydrogen (secondary N) is 1. The van der Waals surface area contributed by atoms with Crippen molar-refractivity contribution in [3.63, 3.8) is 0 Å². The van der Waals surface area contributed by atoms with Gasteiger partial charge >= 0.3 is 0 Å². The third-order valence-electron chi connectivity index (χ3n) is 5.72. The summed E-state index contributed by atoms with van der Waals surface area (Å²) in [6.45, 7) is 6.31. The van der Waals surface area contributed by atoms with Gasteiger partial charge in [0.25, 0.3) is 0 Å².